The van der Waals surface area contributed by atoms with E-state index in [4.69, 9.17) is 9.47 Å². The van der Waals surface area contributed by atoms with Gasteiger partial charge in [0, 0.05) is 27.2 Å². The molecular formula is C20H26N4O4. The summed E-state index contributed by atoms with van der Waals surface area (Å²) < 4.78 is 11.2. The Kier molecular flexibility index (Phi) is 9.03. The van der Waals surface area contributed by atoms with Gasteiger partial charge in [-0.05, 0) is 24.3 Å². The molecule has 0 aliphatic rings. The van der Waals surface area contributed by atoms with Gasteiger partial charge < -0.3 is 19.3 Å². The highest BCUT2D eigenvalue weighted by Crippen LogP contribution is 2.09. The van der Waals surface area contributed by atoms with Crippen LogP contribution in [0.3, 0.4) is 0 Å². The zero-order chi connectivity index (χ0) is 20.2. The predicted molar refractivity (Wildman–Crippen MR) is 107 cm³/mol. The van der Waals surface area contributed by atoms with Crippen molar-refractivity contribution in [3.05, 3.63) is 47.8 Å². The Labute approximate surface area is 165 Å². The number of carbonyl (C=O) groups excluding carboxylic acids is 2. The fourth-order valence-electron chi connectivity index (χ4n) is 2.39. The minimum Gasteiger partial charge on any atom is -0.377 e. The number of hydrogen-bond donors (Lipinski definition) is 0. The third kappa shape index (κ3) is 7.05. The molecule has 0 bridgehead atoms. The minimum atomic E-state index is 0.414. The van der Waals surface area contributed by atoms with Gasteiger partial charge in [0.15, 0.2) is 12.6 Å². The number of aldehydes is 2. The SMILES string of the molecule is CN(CCOCCOCCN(C)c1cccc(C=O)n1)c1cccc(C=O)n1. The molecule has 0 aliphatic carbocycles. The molecule has 2 aromatic heterocycles. The summed E-state index contributed by atoms with van der Waals surface area (Å²) in [6.45, 7) is 3.40. The molecule has 0 aliphatic heterocycles. The van der Waals surface area contributed by atoms with Crippen molar-refractivity contribution in [1.82, 2.24) is 9.97 Å². The highest BCUT2D eigenvalue weighted by molar-refractivity contribution is 5.73. The van der Waals surface area contributed by atoms with Crippen LogP contribution in [0.15, 0.2) is 36.4 Å². The van der Waals surface area contributed by atoms with E-state index in [0.29, 0.717) is 50.9 Å². The first-order chi connectivity index (χ1) is 13.6. The van der Waals surface area contributed by atoms with Gasteiger partial charge in [0.05, 0.1) is 26.4 Å². The summed E-state index contributed by atoms with van der Waals surface area (Å²) >= 11 is 0. The third-order valence-electron chi connectivity index (χ3n) is 4.05. The number of anilines is 2. The van der Waals surface area contributed by atoms with E-state index in [-0.39, 0.29) is 0 Å². The van der Waals surface area contributed by atoms with E-state index in [1.54, 1.807) is 24.3 Å². The maximum absolute atomic E-state index is 10.8. The van der Waals surface area contributed by atoms with Crippen LogP contribution in [0.5, 0.6) is 0 Å². The Morgan fingerprint density at radius 3 is 1.57 bits per heavy atom. The Hall–Kier alpha value is -2.84. The number of pyridine rings is 2. The van der Waals surface area contributed by atoms with Crippen LogP contribution < -0.4 is 9.80 Å². The van der Waals surface area contributed by atoms with E-state index in [9.17, 15) is 9.59 Å². The van der Waals surface area contributed by atoms with Crippen LogP contribution in [-0.2, 0) is 9.47 Å². The highest BCUT2D eigenvalue weighted by atomic mass is 16.5. The number of hydrogen-bond acceptors (Lipinski definition) is 8. The van der Waals surface area contributed by atoms with Crippen LogP contribution in [-0.4, -0.2) is 76.2 Å². The molecule has 0 aromatic carbocycles. The topological polar surface area (TPSA) is 84.9 Å². The number of aromatic nitrogens is 2. The molecule has 8 heteroatoms. The van der Waals surface area contributed by atoms with Gasteiger partial charge in [0.25, 0.3) is 0 Å². The van der Waals surface area contributed by atoms with E-state index >= 15 is 0 Å². The van der Waals surface area contributed by atoms with E-state index in [1.807, 2.05) is 36.0 Å². The number of ether oxygens (including phenoxy) is 2. The van der Waals surface area contributed by atoms with Gasteiger partial charge >= 0.3 is 0 Å². The molecule has 28 heavy (non-hydrogen) atoms. The van der Waals surface area contributed by atoms with Gasteiger partial charge in [0.1, 0.15) is 23.0 Å². The fourth-order valence-corrected chi connectivity index (χ4v) is 2.39. The molecule has 0 atom stereocenters. The van der Waals surface area contributed by atoms with E-state index in [1.165, 1.54) is 0 Å². The van der Waals surface area contributed by atoms with Crippen LogP contribution in [0.2, 0.25) is 0 Å². The molecule has 8 nitrogen and oxygen atoms in total. The van der Waals surface area contributed by atoms with Crippen molar-refractivity contribution in [2.75, 3.05) is 63.4 Å². The monoisotopic (exact) mass is 386 g/mol. The molecule has 150 valence electrons. The third-order valence-corrected chi connectivity index (χ3v) is 4.05. The second-order valence-electron chi connectivity index (χ2n) is 6.14. The summed E-state index contributed by atoms with van der Waals surface area (Å²) in [5.41, 5.74) is 0.827. The first-order valence-corrected chi connectivity index (χ1v) is 9.06. The zero-order valence-corrected chi connectivity index (χ0v) is 16.3. The molecule has 2 rings (SSSR count). The van der Waals surface area contributed by atoms with Gasteiger partial charge in [-0.15, -0.1) is 0 Å². The van der Waals surface area contributed by atoms with E-state index < -0.39 is 0 Å². The van der Waals surface area contributed by atoms with Crippen LogP contribution in [0, 0.1) is 0 Å². The summed E-state index contributed by atoms with van der Waals surface area (Å²) in [5.74, 6) is 1.47. The average molecular weight is 386 g/mol. The molecule has 0 fully saturated rings. The standard InChI is InChI=1S/C20H26N4O4/c1-23(19-7-3-5-17(15-25)21-19)9-11-27-13-14-28-12-10-24(2)20-8-4-6-18(16-26)22-20/h3-8,15-16H,9-14H2,1-2H3. The smallest absolute Gasteiger partial charge is 0.168 e. The first kappa shape index (κ1) is 21.5. The largest absolute Gasteiger partial charge is 0.377 e. The van der Waals surface area contributed by atoms with Gasteiger partial charge in [0.2, 0.25) is 0 Å². The second-order valence-corrected chi connectivity index (χ2v) is 6.14. The van der Waals surface area contributed by atoms with Crippen molar-refractivity contribution >= 4 is 24.2 Å². The van der Waals surface area contributed by atoms with Crippen molar-refractivity contribution in [1.29, 1.82) is 0 Å². The molecule has 2 aromatic rings. The molecule has 0 amide bonds. The maximum Gasteiger partial charge on any atom is 0.168 e. The van der Waals surface area contributed by atoms with Crippen LogP contribution >= 0.6 is 0 Å². The van der Waals surface area contributed by atoms with Crippen LogP contribution in [0.25, 0.3) is 0 Å². The molecule has 0 saturated carbocycles. The number of carbonyl (C=O) groups is 2. The van der Waals surface area contributed by atoms with Crippen molar-refractivity contribution in [2.45, 2.75) is 0 Å². The Morgan fingerprint density at radius 2 is 1.18 bits per heavy atom. The quantitative estimate of drug-likeness (QED) is 0.380. The lowest BCUT2D eigenvalue weighted by Gasteiger charge is -2.19. The molecule has 0 radical (unpaired) electrons. The van der Waals surface area contributed by atoms with Crippen molar-refractivity contribution in [2.24, 2.45) is 0 Å². The first-order valence-electron chi connectivity index (χ1n) is 9.06. The van der Waals surface area contributed by atoms with Gasteiger partial charge in [-0.1, -0.05) is 12.1 Å². The van der Waals surface area contributed by atoms with E-state index in [0.717, 1.165) is 24.2 Å². The molecule has 0 unspecified atom stereocenters. The highest BCUT2D eigenvalue weighted by Gasteiger charge is 2.04. The molecule has 0 spiro atoms. The number of rotatable bonds is 13. The van der Waals surface area contributed by atoms with Crippen molar-refractivity contribution < 1.29 is 19.1 Å². The average Bonchev–Trinajstić information content (AvgIpc) is 2.75. The summed E-state index contributed by atoms with van der Waals surface area (Å²) in [7, 11) is 3.81. The van der Waals surface area contributed by atoms with Gasteiger partial charge in [-0.25, -0.2) is 9.97 Å². The summed E-state index contributed by atoms with van der Waals surface area (Å²) in [6, 6.07) is 10.7. The fraction of sp³-hybridized carbons (Fsp3) is 0.400. The lowest BCUT2D eigenvalue weighted by molar-refractivity contribution is 0.0533. The molecular weight excluding hydrogens is 360 g/mol. The minimum absolute atomic E-state index is 0.414. The van der Waals surface area contributed by atoms with Crippen molar-refractivity contribution in [3.63, 3.8) is 0 Å². The van der Waals surface area contributed by atoms with Crippen LogP contribution in [0.1, 0.15) is 21.0 Å². The molecule has 0 N–H and O–H groups in total. The Bertz CT molecular complexity index is 693. The second kappa shape index (κ2) is 11.8. The van der Waals surface area contributed by atoms with Crippen LogP contribution in [0.4, 0.5) is 11.6 Å². The lowest BCUT2D eigenvalue weighted by Crippen LogP contribution is -2.25. The Morgan fingerprint density at radius 1 is 0.750 bits per heavy atom. The normalized spacial score (nSPS) is 10.5. The Balaban J connectivity index is 1.55. The summed E-state index contributed by atoms with van der Waals surface area (Å²) in [4.78, 5) is 33.9. The number of nitrogens with zero attached hydrogens (tertiary/aromatic N) is 4. The number of likely N-dealkylation sites (N-methyl/N-ethyl adjacent to an activating group) is 2. The summed E-state index contributed by atoms with van der Waals surface area (Å²) in [5, 5.41) is 0. The predicted octanol–water partition coefficient (Wildman–Crippen LogP) is 1.71. The van der Waals surface area contributed by atoms with Crippen molar-refractivity contribution in [3.8, 4) is 0 Å². The van der Waals surface area contributed by atoms with E-state index in [2.05, 4.69) is 9.97 Å². The molecule has 0 saturated heterocycles. The zero-order valence-electron chi connectivity index (χ0n) is 16.3. The molecule has 2 heterocycles. The maximum atomic E-state index is 10.8. The van der Waals surface area contributed by atoms with Gasteiger partial charge in [-0.2, -0.15) is 0 Å². The van der Waals surface area contributed by atoms with Gasteiger partial charge in [-0.3, -0.25) is 9.59 Å². The summed E-state index contributed by atoms with van der Waals surface area (Å²) in [6.07, 6.45) is 1.47. The lowest BCUT2D eigenvalue weighted by atomic mass is 10.3.